The van der Waals surface area contributed by atoms with Crippen LogP contribution in [0.3, 0.4) is 0 Å². The molecule has 108 valence electrons. The van der Waals surface area contributed by atoms with Crippen molar-refractivity contribution in [2.24, 2.45) is 0 Å². The van der Waals surface area contributed by atoms with E-state index in [9.17, 15) is 9.59 Å². The first-order valence-corrected chi connectivity index (χ1v) is 8.07. The number of carbonyl (C=O) groups is 2. The van der Waals surface area contributed by atoms with Crippen molar-refractivity contribution < 1.29 is 9.59 Å². The molecular weight excluding hydrogens is 272 g/mol. The van der Waals surface area contributed by atoms with Crippen LogP contribution >= 0.6 is 11.8 Å². The van der Waals surface area contributed by atoms with E-state index in [0.29, 0.717) is 6.54 Å². The molecular formula is C15H20N2O2S. The number of amides is 2. The molecule has 1 saturated heterocycles. The number of thioether (sulfide) groups is 1. The lowest BCUT2D eigenvalue weighted by molar-refractivity contribution is -0.153. The van der Waals surface area contributed by atoms with Crippen LogP contribution in [0.5, 0.6) is 0 Å². The molecule has 2 rings (SSSR count). The van der Waals surface area contributed by atoms with Crippen molar-refractivity contribution in [3.8, 4) is 0 Å². The van der Waals surface area contributed by atoms with E-state index in [1.54, 1.807) is 30.5 Å². The molecule has 2 unspecified atom stereocenters. The van der Waals surface area contributed by atoms with Gasteiger partial charge in [-0.2, -0.15) is 11.8 Å². The molecule has 1 aliphatic heterocycles. The maximum atomic E-state index is 12.8. The van der Waals surface area contributed by atoms with Gasteiger partial charge in [0, 0.05) is 12.3 Å². The van der Waals surface area contributed by atoms with Crippen LogP contribution in [0, 0.1) is 0 Å². The monoisotopic (exact) mass is 292 g/mol. The molecule has 1 aromatic rings. The summed E-state index contributed by atoms with van der Waals surface area (Å²) < 4.78 is 0. The Morgan fingerprint density at radius 2 is 1.95 bits per heavy atom. The van der Waals surface area contributed by atoms with Crippen LogP contribution in [0.4, 0.5) is 0 Å². The fourth-order valence-electron chi connectivity index (χ4n) is 2.46. The van der Waals surface area contributed by atoms with Gasteiger partial charge < -0.3 is 10.2 Å². The van der Waals surface area contributed by atoms with E-state index in [-0.39, 0.29) is 11.8 Å². The molecule has 1 aliphatic rings. The van der Waals surface area contributed by atoms with Gasteiger partial charge in [0.1, 0.15) is 11.6 Å². The number of piperazine rings is 1. The molecule has 1 aromatic carbocycles. The molecule has 2 amide bonds. The van der Waals surface area contributed by atoms with Gasteiger partial charge in [0.2, 0.25) is 5.91 Å². The molecule has 0 spiro atoms. The zero-order chi connectivity index (χ0) is 14.8. The standard InChI is InChI=1S/C15H20N2O2S/c1-11-13(18)16-15(2,12-7-5-4-6-8-12)14(19)17(11)9-10-20-3/h4-8,11H,9-10H2,1-3H3,(H,16,18). The molecule has 0 bridgehead atoms. The predicted molar refractivity (Wildman–Crippen MR) is 81.5 cm³/mol. The van der Waals surface area contributed by atoms with Crippen molar-refractivity contribution >= 4 is 23.6 Å². The highest BCUT2D eigenvalue weighted by Gasteiger charge is 2.47. The Morgan fingerprint density at radius 3 is 2.55 bits per heavy atom. The van der Waals surface area contributed by atoms with Gasteiger partial charge >= 0.3 is 0 Å². The van der Waals surface area contributed by atoms with Crippen LogP contribution < -0.4 is 5.32 Å². The van der Waals surface area contributed by atoms with Gasteiger partial charge in [0.15, 0.2) is 0 Å². The smallest absolute Gasteiger partial charge is 0.253 e. The van der Waals surface area contributed by atoms with Gasteiger partial charge in [0.05, 0.1) is 0 Å². The van der Waals surface area contributed by atoms with Crippen LogP contribution in [-0.4, -0.2) is 41.3 Å². The molecule has 5 heteroatoms. The van der Waals surface area contributed by atoms with Gasteiger partial charge in [-0.3, -0.25) is 9.59 Å². The minimum absolute atomic E-state index is 0.0372. The quantitative estimate of drug-likeness (QED) is 0.917. The minimum atomic E-state index is -0.969. The highest BCUT2D eigenvalue weighted by molar-refractivity contribution is 7.98. The molecule has 0 aromatic heterocycles. The molecule has 0 radical (unpaired) electrons. The summed E-state index contributed by atoms with van der Waals surface area (Å²) in [6.07, 6.45) is 2.00. The fraction of sp³-hybridized carbons (Fsp3) is 0.467. The summed E-state index contributed by atoms with van der Waals surface area (Å²) in [4.78, 5) is 26.7. The highest BCUT2D eigenvalue weighted by atomic mass is 32.2. The van der Waals surface area contributed by atoms with Crippen LogP contribution in [0.2, 0.25) is 0 Å². The molecule has 0 saturated carbocycles. The Bertz CT molecular complexity index is 506. The number of benzene rings is 1. The van der Waals surface area contributed by atoms with E-state index in [0.717, 1.165) is 11.3 Å². The normalized spacial score (nSPS) is 26.6. The van der Waals surface area contributed by atoms with E-state index in [1.807, 2.05) is 36.6 Å². The second-order valence-corrected chi connectivity index (χ2v) is 6.13. The summed E-state index contributed by atoms with van der Waals surface area (Å²) in [5, 5.41) is 2.88. The first kappa shape index (κ1) is 14.9. The molecule has 4 nitrogen and oxygen atoms in total. The Hall–Kier alpha value is -1.49. The van der Waals surface area contributed by atoms with Crippen LogP contribution in [-0.2, 0) is 15.1 Å². The largest absolute Gasteiger partial charge is 0.336 e. The number of rotatable bonds is 4. The van der Waals surface area contributed by atoms with Gasteiger partial charge in [0.25, 0.3) is 5.91 Å². The van der Waals surface area contributed by atoms with E-state index in [2.05, 4.69) is 5.32 Å². The van der Waals surface area contributed by atoms with E-state index >= 15 is 0 Å². The summed E-state index contributed by atoms with van der Waals surface area (Å²) in [5.41, 5.74) is -0.150. The third kappa shape index (κ3) is 2.54. The van der Waals surface area contributed by atoms with Crippen molar-refractivity contribution in [2.45, 2.75) is 25.4 Å². The number of carbonyl (C=O) groups excluding carboxylic acids is 2. The molecule has 1 N–H and O–H groups in total. The lowest BCUT2D eigenvalue weighted by atomic mass is 9.87. The topological polar surface area (TPSA) is 49.4 Å². The summed E-state index contributed by atoms with van der Waals surface area (Å²) >= 11 is 1.67. The third-order valence-corrected chi connectivity index (χ3v) is 4.39. The minimum Gasteiger partial charge on any atom is -0.336 e. The number of nitrogens with one attached hydrogen (secondary N) is 1. The molecule has 2 atom stereocenters. The van der Waals surface area contributed by atoms with Crippen molar-refractivity contribution in [1.29, 1.82) is 0 Å². The third-order valence-electron chi connectivity index (χ3n) is 3.80. The van der Waals surface area contributed by atoms with E-state index < -0.39 is 11.6 Å². The average Bonchev–Trinajstić information content (AvgIpc) is 2.46. The fourth-order valence-corrected chi connectivity index (χ4v) is 2.84. The van der Waals surface area contributed by atoms with Crippen LogP contribution in [0.25, 0.3) is 0 Å². The Kier molecular flexibility index (Phi) is 4.38. The SMILES string of the molecule is CSCCN1C(=O)C(C)(c2ccccc2)NC(=O)C1C. The zero-order valence-electron chi connectivity index (χ0n) is 12.1. The lowest BCUT2D eigenvalue weighted by Gasteiger charge is -2.43. The lowest BCUT2D eigenvalue weighted by Crippen LogP contribution is -2.67. The predicted octanol–water partition coefficient (Wildman–Crippen LogP) is 1.61. The second-order valence-electron chi connectivity index (χ2n) is 5.15. The maximum absolute atomic E-state index is 12.8. The van der Waals surface area contributed by atoms with Crippen molar-refractivity contribution in [3.05, 3.63) is 35.9 Å². The summed E-state index contributed by atoms with van der Waals surface area (Å²) in [6, 6.07) is 9.00. The van der Waals surface area contributed by atoms with E-state index in [1.165, 1.54) is 0 Å². The second kappa shape index (κ2) is 5.87. The maximum Gasteiger partial charge on any atom is 0.253 e. The molecule has 20 heavy (non-hydrogen) atoms. The van der Waals surface area contributed by atoms with Gasteiger partial charge in [-0.05, 0) is 25.7 Å². The van der Waals surface area contributed by atoms with Crippen molar-refractivity contribution in [2.75, 3.05) is 18.6 Å². The Morgan fingerprint density at radius 1 is 1.30 bits per heavy atom. The van der Waals surface area contributed by atoms with E-state index in [4.69, 9.17) is 0 Å². The summed E-state index contributed by atoms with van der Waals surface area (Å²) in [6.45, 7) is 4.15. The Labute approximate surface area is 123 Å². The van der Waals surface area contributed by atoms with Crippen LogP contribution in [0.1, 0.15) is 19.4 Å². The summed E-state index contributed by atoms with van der Waals surface area (Å²) in [7, 11) is 0. The van der Waals surface area contributed by atoms with Gasteiger partial charge in [-0.15, -0.1) is 0 Å². The van der Waals surface area contributed by atoms with Gasteiger partial charge in [-0.1, -0.05) is 30.3 Å². The van der Waals surface area contributed by atoms with Crippen molar-refractivity contribution in [1.82, 2.24) is 10.2 Å². The zero-order valence-corrected chi connectivity index (χ0v) is 12.9. The first-order chi connectivity index (χ1) is 9.50. The number of hydrogen-bond acceptors (Lipinski definition) is 3. The van der Waals surface area contributed by atoms with Gasteiger partial charge in [-0.25, -0.2) is 0 Å². The number of hydrogen-bond donors (Lipinski definition) is 1. The first-order valence-electron chi connectivity index (χ1n) is 6.68. The van der Waals surface area contributed by atoms with Crippen LogP contribution in [0.15, 0.2) is 30.3 Å². The van der Waals surface area contributed by atoms with Crippen molar-refractivity contribution in [3.63, 3.8) is 0 Å². The highest BCUT2D eigenvalue weighted by Crippen LogP contribution is 2.28. The molecule has 1 heterocycles. The Balaban J connectivity index is 2.35. The summed E-state index contributed by atoms with van der Waals surface area (Å²) in [5.74, 6) is 0.690. The number of nitrogens with zero attached hydrogens (tertiary/aromatic N) is 1. The average molecular weight is 292 g/mol. The molecule has 1 fully saturated rings. The molecule has 0 aliphatic carbocycles.